The average molecular weight is 265 g/mol. The molecule has 1 atom stereocenters. The van der Waals surface area contributed by atoms with Crippen molar-refractivity contribution < 1.29 is 14.6 Å². The Morgan fingerprint density at radius 1 is 1.47 bits per heavy atom. The number of carbonyl (C=O) groups is 1. The van der Waals surface area contributed by atoms with Gasteiger partial charge < -0.3 is 15.2 Å². The largest absolute Gasteiger partial charge is 0.491 e. The topological polar surface area (TPSA) is 58.6 Å². The number of hydrogen-bond donors (Lipinski definition) is 2. The van der Waals surface area contributed by atoms with E-state index in [1.807, 2.05) is 19.1 Å². The molecule has 0 saturated carbocycles. The Kier molecular flexibility index (Phi) is 4.95. The van der Waals surface area contributed by atoms with Crippen LogP contribution in [-0.2, 0) is 4.79 Å². The summed E-state index contributed by atoms with van der Waals surface area (Å²) in [6.07, 6.45) is 0. The summed E-state index contributed by atoms with van der Waals surface area (Å²) in [5.74, 6) is 0.236. The molecule has 1 aromatic carbocycles. The van der Waals surface area contributed by atoms with E-state index >= 15 is 0 Å². The molecule has 0 spiro atoms. The van der Waals surface area contributed by atoms with Crippen molar-refractivity contribution in [3.8, 4) is 5.75 Å². The molecule has 1 aromatic rings. The lowest BCUT2D eigenvalue weighted by Crippen LogP contribution is -2.52. The number of aryl methyl sites for hydroxylation is 1. The third-order valence-corrected chi connectivity index (χ3v) is 3.42. The lowest BCUT2D eigenvalue weighted by atomic mass is 10.0. The first-order valence-corrected chi connectivity index (χ1v) is 6.46. The number of ether oxygens (including phenoxy) is 1. The summed E-state index contributed by atoms with van der Waals surface area (Å²) in [7, 11) is 1.62. The molecule has 0 aliphatic carbocycles. The van der Waals surface area contributed by atoms with Gasteiger partial charge in [0.05, 0.1) is 0 Å². The fourth-order valence-electron chi connectivity index (χ4n) is 1.59. The van der Waals surface area contributed by atoms with Gasteiger partial charge in [0.2, 0.25) is 0 Å². The van der Waals surface area contributed by atoms with Gasteiger partial charge in [-0.05, 0) is 44.0 Å². The molecule has 2 N–H and O–H groups in total. The van der Waals surface area contributed by atoms with Gasteiger partial charge in [-0.25, -0.2) is 0 Å². The highest BCUT2D eigenvalue weighted by atomic mass is 16.5. The quantitative estimate of drug-likeness (QED) is 0.830. The molecule has 0 fully saturated rings. The molecule has 4 heteroatoms. The zero-order chi connectivity index (χ0) is 14.6. The van der Waals surface area contributed by atoms with Crippen LogP contribution in [0.4, 0.5) is 0 Å². The van der Waals surface area contributed by atoms with E-state index in [0.29, 0.717) is 5.92 Å². The van der Waals surface area contributed by atoms with Gasteiger partial charge in [-0.1, -0.05) is 26.0 Å². The molecule has 1 rings (SSSR count). The van der Waals surface area contributed by atoms with Crippen molar-refractivity contribution in [2.75, 3.05) is 13.7 Å². The molecule has 0 heterocycles. The van der Waals surface area contributed by atoms with E-state index in [9.17, 15) is 9.90 Å². The van der Waals surface area contributed by atoms with Crippen molar-refractivity contribution >= 4 is 5.97 Å². The molecule has 106 valence electrons. The molecule has 0 aliphatic rings. The van der Waals surface area contributed by atoms with E-state index in [1.54, 1.807) is 14.0 Å². The Hall–Kier alpha value is -1.55. The molecule has 0 saturated heterocycles. The number of likely N-dealkylation sites (N-methyl/N-ethyl adjacent to an activating group) is 1. The molecule has 4 nitrogen and oxygen atoms in total. The average Bonchev–Trinajstić information content (AvgIpc) is 2.36. The Morgan fingerprint density at radius 2 is 2.11 bits per heavy atom. The summed E-state index contributed by atoms with van der Waals surface area (Å²) >= 11 is 0. The standard InChI is InChI=1S/C15H23NO3/c1-10(2)12-7-6-11(3)13(8-12)19-9-15(4,16-5)14(17)18/h6-8,10,16H,9H2,1-5H3,(H,17,18). The van der Waals surface area contributed by atoms with Crippen LogP contribution in [0.1, 0.15) is 37.8 Å². The van der Waals surface area contributed by atoms with Crippen LogP contribution in [0, 0.1) is 6.92 Å². The molecular weight excluding hydrogens is 242 g/mol. The number of benzene rings is 1. The monoisotopic (exact) mass is 265 g/mol. The van der Waals surface area contributed by atoms with Crippen LogP contribution in [0.3, 0.4) is 0 Å². The second-order valence-corrected chi connectivity index (χ2v) is 5.36. The maximum absolute atomic E-state index is 11.2. The van der Waals surface area contributed by atoms with Crippen LogP contribution >= 0.6 is 0 Å². The second-order valence-electron chi connectivity index (χ2n) is 5.36. The van der Waals surface area contributed by atoms with Gasteiger partial charge in [-0.2, -0.15) is 0 Å². The van der Waals surface area contributed by atoms with Crippen LogP contribution in [0.25, 0.3) is 0 Å². The predicted molar refractivity (Wildman–Crippen MR) is 75.9 cm³/mol. The van der Waals surface area contributed by atoms with E-state index in [-0.39, 0.29) is 6.61 Å². The van der Waals surface area contributed by atoms with Gasteiger partial charge in [0.1, 0.15) is 17.9 Å². The van der Waals surface area contributed by atoms with Gasteiger partial charge in [-0.15, -0.1) is 0 Å². The van der Waals surface area contributed by atoms with E-state index in [1.165, 1.54) is 5.56 Å². The van der Waals surface area contributed by atoms with Gasteiger partial charge in [0.25, 0.3) is 0 Å². The maximum Gasteiger partial charge on any atom is 0.327 e. The number of hydrogen-bond acceptors (Lipinski definition) is 3. The van der Waals surface area contributed by atoms with Crippen LogP contribution < -0.4 is 10.1 Å². The van der Waals surface area contributed by atoms with Crippen molar-refractivity contribution in [1.29, 1.82) is 0 Å². The lowest BCUT2D eigenvalue weighted by Gasteiger charge is -2.25. The van der Waals surface area contributed by atoms with Crippen molar-refractivity contribution in [1.82, 2.24) is 5.32 Å². The number of carboxylic acid groups (broad SMARTS) is 1. The Morgan fingerprint density at radius 3 is 2.58 bits per heavy atom. The highest BCUT2D eigenvalue weighted by molar-refractivity contribution is 5.78. The van der Waals surface area contributed by atoms with E-state index in [2.05, 4.69) is 25.2 Å². The summed E-state index contributed by atoms with van der Waals surface area (Å²) in [5, 5.41) is 12.0. The summed E-state index contributed by atoms with van der Waals surface area (Å²) in [6, 6.07) is 6.06. The van der Waals surface area contributed by atoms with Crippen molar-refractivity contribution in [2.45, 2.75) is 39.2 Å². The first-order chi connectivity index (χ1) is 8.80. The Labute approximate surface area is 114 Å². The molecule has 19 heavy (non-hydrogen) atoms. The van der Waals surface area contributed by atoms with Gasteiger partial charge in [0.15, 0.2) is 0 Å². The van der Waals surface area contributed by atoms with Gasteiger partial charge >= 0.3 is 5.97 Å². The Bertz CT molecular complexity index is 457. The highest BCUT2D eigenvalue weighted by Gasteiger charge is 2.32. The maximum atomic E-state index is 11.2. The first kappa shape index (κ1) is 15.5. The van der Waals surface area contributed by atoms with Crippen molar-refractivity contribution in [3.63, 3.8) is 0 Å². The molecule has 0 amide bonds. The summed E-state index contributed by atoms with van der Waals surface area (Å²) in [5.41, 5.74) is 1.11. The van der Waals surface area contributed by atoms with Crippen molar-refractivity contribution in [3.05, 3.63) is 29.3 Å². The van der Waals surface area contributed by atoms with Crippen LogP contribution in [0.15, 0.2) is 18.2 Å². The number of nitrogens with one attached hydrogen (secondary N) is 1. The molecule has 0 aromatic heterocycles. The van der Waals surface area contributed by atoms with Crippen LogP contribution in [0.2, 0.25) is 0 Å². The summed E-state index contributed by atoms with van der Waals surface area (Å²) in [6.45, 7) is 7.88. The van der Waals surface area contributed by atoms with Crippen molar-refractivity contribution in [2.24, 2.45) is 0 Å². The molecule has 1 unspecified atom stereocenters. The van der Waals surface area contributed by atoms with Crippen LogP contribution in [0.5, 0.6) is 5.75 Å². The third kappa shape index (κ3) is 3.70. The predicted octanol–water partition coefficient (Wildman–Crippen LogP) is 2.56. The third-order valence-electron chi connectivity index (χ3n) is 3.42. The number of carboxylic acids is 1. The minimum Gasteiger partial charge on any atom is -0.491 e. The second kappa shape index (κ2) is 6.06. The molecule has 0 radical (unpaired) electrons. The Balaban J connectivity index is 2.88. The summed E-state index contributed by atoms with van der Waals surface area (Å²) in [4.78, 5) is 11.2. The molecule has 0 aliphatic heterocycles. The zero-order valence-corrected chi connectivity index (χ0v) is 12.3. The minimum atomic E-state index is -1.08. The van der Waals surface area contributed by atoms with Gasteiger partial charge in [-0.3, -0.25) is 4.79 Å². The smallest absolute Gasteiger partial charge is 0.327 e. The van der Waals surface area contributed by atoms with Crippen LogP contribution in [-0.4, -0.2) is 30.3 Å². The normalized spacial score (nSPS) is 14.2. The highest BCUT2D eigenvalue weighted by Crippen LogP contribution is 2.25. The first-order valence-electron chi connectivity index (χ1n) is 6.46. The number of aliphatic carboxylic acids is 1. The lowest BCUT2D eigenvalue weighted by molar-refractivity contribution is -0.145. The van der Waals surface area contributed by atoms with Gasteiger partial charge in [0, 0.05) is 0 Å². The van der Waals surface area contributed by atoms with E-state index in [0.717, 1.165) is 11.3 Å². The van der Waals surface area contributed by atoms with E-state index in [4.69, 9.17) is 4.74 Å². The summed E-state index contributed by atoms with van der Waals surface area (Å²) < 4.78 is 5.70. The minimum absolute atomic E-state index is 0.0845. The fraction of sp³-hybridized carbons (Fsp3) is 0.533. The fourth-order valence-corrected chi connectivity index (χ4v) is 1.59. The van der Waals surface area contributed by atoms with E-state index < -0.39 is 11.5 Å². The number of rotatable bonds is 6. The molecular formula is C15H23NO3. The SMILES string of the molecule is CNC(C)(COc1cc(C(C)C)ccc1C)C(=O)O. The molecule has 0 bridgehead atoms. The zero-order valence-electron chi connectivity index (χ0n) is 12.3.